The maximum absolute atomic E-state index is 5.99. The van der Waals surface area contributed by atoms with Crippen LogP contribution in [0.15, 0.2) is 6.20 Å². The molecule has 3 nitrogen and oxygen atoms in total. The molecule has 1 aromatic heterocycles. The number of nitrogens with zero attached hydrogens (tertiary/aromatic N) is 2. The van der Waals surface area contributed by atoms with Crippen LogP contribution in [0.4, 0.5) is 0 Å². The molecule has 4 heteroatoms. The quantitative estimate of drug-likeness (QED) is 0.809. The van der Waals surface area contributed by atoms with Gasteiger partial charge in [-0.05, 0) is 30.8 Å². The van der Waals surface area contributed by atoms with Crippen molar-refractivity contribution in [3.05, 3.63) is 17.7 Å². The maximum Gasteiger partial charge on any atom is 0.112 e. The van der Waals surface area contributed by atoms with Crippen molar-refractivity contribution in [1.29, 1.82) is 0 Å². The normalized spacial score (nSPS) is 26.7. The molecule has 0 amide bonds. The highest BCUT2D eigenvalue weighted by atomic mass is 32.2. The van der Waals surface area contributed by atoms with Crippen LogP contribution in [0, 0.1) is 0 Å². The fourth-order valence-corrected chi connectivity index (χ4v) is 3.90. The topological polar surface area (TPSA) is 43.8 Å². The molecule has 1 fully saturated rings. The Balaban J connectivity index is 1.85. The van der Waals surface area contributed by atoms with E-state index in [0.29, 0.717) is 12.0 Å². The molecule has 2 N–H and O–H groups in total. The van der Waals surface area contributed by atoms with E-state index >= 15 is 0 Å². The van der Waals surface area contributed by atoms with Gasteiger partial charge < -0.3 is 10.3 Å². The SMILES string of the molecule is NC1CCn2c(cnc2C2CCSCC2)C1. The second-order valence-corrected chi connectivity index (χ2v) is 6.12. The predicted octanol–water partition coefficient (Wildman–Crippen LogP) is 1.77. The summed E-state index contributed by atoms with van der Waals surface area (Å²) in [5.41, 5.74) is 7.35. The lowest BCUT2D eigenvalue weighted by molar-refractivity contribution is 0.442. The van der Waals surface area contributed by atoms with Gasteiger partial charge in [0.15, 0.2) is 0 Å². The molecule has 0 radical (unpaired) electrons. The van der Waals surface area contributed by atoms with Gasteiger partial charge >= 0.3 is 0 Å². The van der Waals surface area contributed by atoms with Crippen LogP contribution in [-0.4, -0.2) is 27.1 Å². The third-order valence-corrected chi connectivity index (χ3v) is 4.80. The van der Waals surface area contributed by atoms with Crippen LogP contribution >= 0.6 is 11.8 Å². The van der Waals surface area contributed by atoms with E-state index in [4.69, 9.17) is 5.73 Å². The molecule has 1 aromatic rings. The lowest BCUT2D eigenvalue weighted by Crippen LogP contribution is -2.31. The fraction of sp³-hybridized carbons (Fsp3) is 0.750. The van der Waals surface area contributed by atoms with Crippen molar-refractivity contribution in [2.75, 3.05) is 11.5 Å². The Kier molecular flexibility index (Phi) is 2.94. The Morgan fingerprint density at radius 1 is 1.31 bits per heavy atom. The average molecular weight is 237 g/mol. The summed E-state index contributed by atoms with van der Waals surface area (Å²) in [4.78, 5) is 4.65. The van der Waals surface area contributed by atoms with Crippen LogP contribution in [0.3, 0.4) is 0 Å². The number of hydrogen-bond donors (Lipinski definition) is 1. The van der Waals surface area contributed by atoms with Gasteiger partial charge in [0, 0.05) is 36.8 Å². The highest BCUT2D eigenvalue weighted by Crippen LogP contribution is 2.32. The van der Waals surface area contributed by atoms with Gasteiger partial charge in [-0.2, -0.15) is 11.8 Å². The summed E-state index contributed by atoms with van der Waals surface area (Å²) in [6.45, 7) is 1.08. The first kappa shape index (κ1) is 10.7. The molecule has 0 bridgehead atoms. The number of thioether (sulfide) groups is 1. The molecular weight excluding hydrogens is 218 g/mol. The smallest absolute Gasteiger partial charge is 0.112 e. The molecule has 1 unspecified atom stereocenters. The average Bonchev–Trinajstić information content (AvgIpc) is 2.73. The highest BCUT2D eigenvalue weighted by molar-refractivity contribution is 7.99. The predicted molar refractivity (Wildman–Crippen MR) is 67.8 cm³/mol. The Morgan fingerprint density at radius 3 is 2.94 bits per heavy atom. The van der Waals surface area contributed by atoms with Crippen molar-refractivity contribution in [1.82, 2.24) is 9.55 Å². The fourth-order valence-electron chi connectivity index (χ4n) is 2.80. The zero-order valence-corrected chi connectivity index (χ0v) is 10.4. The molecular formula is C12H19N3S. The summed E-state index contributed by atoms with van der Waals surface area (Å²) < 4.78 is 2.43. The standard InChI is InChI=1S/C12H19N3S/c13-10-1-4-15-11(7-10)8-14-12(15)9-2-5-16-6-3-9/h8-10H,1-7,13H2. The van der Waals surface area contributed by atoms with Gasteiger partial charge in [-0.1, -0.05) is 0 Å². The molecule has 16 heavy (non-hydrogen) atoms. The molecule has 2 aliphatic rings. The van der Waals surface area contributed by atoms with Gasteiger partial charge in [-0.3, -0.25) is 0 Å². The van der Waals surface area contributed by atoms with Crippen LogP contribution < -0.4 is 5.73 Å². The third-order valence-electron chi connectivity index (χ3n) is 3.75. The Bertz CT molecular complexity index is 368. The summed E-state index contributed by atoms with van der Waals surface area (Å²) >= 11 is 2.08. The zero-order valence-electron chi connectivity index (χ0n) is 9.56. The molecule has 0 aliphatic carbocycles. The minimum absolute atomic E-state index is 0.346. The van der Waals surface area contributed by atoms with E-state index in [1.54, 1.807) is 0 Å². The van der Waals surface area contributed by atoms with E-state index in [2.05, 4.69) is 27.5 Å². The number of fused-ring (bicyclic) bond motifs is 1. The monoisotopic (exact) mass is 237 g/mol. The highest BCUT2D eigenvalue weighted by Gasteiger charge is 2.25. The van der Waals surface area contributed by atoms with Crippen molar-refractivity contribution in [2.24, 2.45) is 5.73 Å². The van der Waals surface area contributed by atoms with E-state index < -0.39 is 0 Å². The van der Waals surface area contributed by atoms with Crippen molar-refractivity contribution in [3.63, 3.8) is 0 Å². The van der Waals surface area contributed by atoms with Gasteiger partial charge in [-0.15, -0.1) is 0 Å². The number of aromatic nitrogens is 2. The zero-order chi connectivity index (χ0) is 11.0. The van der Waals surface area contributed by atoms with E-state index in [1.807, 2.05) is 0 Å². The first-order valence-corrected chi connectivity index (χ1v) is 7.37. The number of nitrogens with two attached hydrogens (primary N) is 1. The first-order chi connectivity index (χ1) is 7.84. The molecule has 1 saturated heterocycles. The molecule has 0 spiro atoms. The first-order valence-electron chi connectivity index (χ1n) is 6.22. The molecule has 0 aromatic carbocycles. The van der Waals surface area contributed by atoms with Crippen molar-refractivity contribution in [3.8, 4) is 0 Å². The van der Waals surface area contributed by atoms with E-state index in [9.17, 15) is 0 Å². The summed E-state index contributed by atoms with van der Waals surface area (Å²) in [5.74, 6) is 4.63. The molecule has 3 heterocycles. The second kappa shape index (κ2) is 4.41. The van der Waals surface area contributed by atoms with Crippen molar-refractivity contribution >= 4 is 11.8 Å². The summed E-state index contributed by atoms with van der Waals surface area (Å²) in [6.07, 6.45) is 6.77. The summed E-state index contributed by atoms with van der Waals surface area (Å²) in [5, 5.41) is 0. The number of imidazole rings is 1. The van der Waals surface area contributed by atoms with Crippen LogP contribution in [-0.2, 0) is 13.0 Å². The minimum atomic E-state index is 0.346. The molecule has 1 atom stereocenters. The molecule has 2 aliphatic heterocycles. The van der Waals surface area contributed by atoms with Gasteiger partial charge in [-0.25, -0.2) is 4.98 Å². The largest absolute Gasteiger partial charge is 0.332 e. The lowest BCUT2D eigenvalue weighted by atomic mass is 10.0. The van der Waals surface area contributed by atoms with Crippen molar-refractivity contribution in [2.45, 2.75) is 44.2 Å². The van der Waals surface area contributed by atoms with Gasteiger partial charge in [0.2, 0.25) is 0 Å². The van der Waals surface area contributed by atoms with Crippen LogP contribution in [0.1, 0.15) is 36.7 Å². The van der Waals surface area contributed by atoms with Crippen LogP contribution in [0.5, 0.6) is 0 Å². The van der Waals surface area contributed by atoms with E-state index in [0.717, 1.165) is 19.4 Å². The van der Waals surface area contributed by atoms with Gasteiger partial charge in [0.1, 0.15) is 5.82 Å². The summed E-state index contributed by atoms with van der Waals surface area (Å²) in [7, 11) is 0. The van der Waals surface area contributed by atoms with E-state index in [1.165, 1.54) is 35.9 Å². The Hall–Kier alpha value is -0.480. The van der Waals surface area contributed by atoms with Crippen LogP contribution in [0.2, 0.25) is 0 Å². The summed E-state index contributed by atoms with van der Waals surface area (Å²) in [6, 6.07) is 0.346. The maximum atomic E-state index is 5.99. The number of hydrogen-bond acceptors (Lipinski definition) is 3. The number of rotatable bonds is 1. The van der Waals surface area contributed by atoms with Gasteiger partial charge in [0.05, 0.1) is 0 Å². The molecule has 88 valence electrons. The molecule has 0 saturated carbocycles. The second-order valence-electron chi connectivity index (χ2n) is 4.90. The van der Waals surface area contributed by atoms with Gasteiger partial charge in [0.25, 0.3) is 0 Å². The van der Waals surface area contributed by atoms with E-state index in [-0.39, 0.29) is 0 Å². The molecule has 3 rings (SSSR count). The Labute approximate surface area is 101 Å². The minimum Gasteiger partial charge on any atom is -0.332 e. The Morgan fingerprint density at radius 2 is 2.12 bits per heavy atom. The van der Waals surface area contributed by atoms with Crippen LogP contribution in [0.25, 0.3) is 0 Å². The lowest BCUT2D eigenvalue weighted by Gasteiger charge is -2.26. The third kappa shape index (κ3) is 1.89. The van der Waals surface area contributed by atoms with Crippen molar-refractivity contribution < 1.29 is 0 Å².